The van der Waals surface area contributed by atoms with Gasteiger partial charge in [0.25, 0.3) is 0 Å². The molecule has 0 nitrogen and oxygen atoms in total. The first-order chi connectivity index (χ1) is 8.34. The monoisotopic (exact) mass is 252 g/mol. The van der Waals surface area contributed by atoms with Crippen LogP contribution in [0, 0.1) is 35.0 Å². The van der Waals surface area contributed by atoms with Crippen molar-refractivity contribution < 1.29 is 0 Å². The lowest BCUT2D eigenvalue weighted by Gasteiger charge is -2.33. The van der Waals surface area contributed by atoms with Crippen LogP contribution in [0.1, 0.15) is 80.6 Å². The number of rotatable bonds is 8. The molecule has 1 rings (SSSR count). The van der Waals surface area contributed by atoms with Crippen molar-refractivity contribution in [3.63, 3.8) is 0 Å². The second-order valence-corrected chi connectivity index (χ2v) is 7.68. The molecular formula is C18H36. The molecule has 0 spiro atoms. The molecule has 0 aromatic rings. The maximum absolute atomic E-state index is 2.50. The van der Waals surface area contributed by atoms with E-state index in [9.17, 15) is 0 Å². The molecule has 0 amide bonds. The van der Waals surface area contributed by atoms with Crippen LogP contribution in [0.2, 0.25) is 0 Å². The summed E-state index contributed by atoms with van der Waals surface area (Å²) in [5, 5.41) is 0. The minimum Gasteiger partial charge on any atom is -0.0654 e. The van der Waals surface area contributed by atoms with Crippen LogP contribution >= 0.6 is 0 Å². The van der Waals surface area contributed by atoms with Crippen LogP contribution in [0.25, 0.3) is 0 Å². The Kier molecular flexibility index (Phi) is 5.74. The molecule has 108 valence electrons. The molecule has 0 heterocycles. The molecule has 0 saturated heterocycles. The van der Waals surface area contributed by atoms with E-state index in [-0.39, 0.29) is 0 Å². The molecule has 0 N–H and O–H groups in total. The number of hydrogen-bond acceptors (Lipinski definition) is 0. The van der Waals surface area contributed by atoms with Crippen LogP contribution in [0.3, 0.4) is 0 Å². The van der Waals surface area contributed by atoms with Crippen molar-refractivity contribution in [2.24, 2.45) is 35.0 Å². The Labute approximate surface area is 116 Å². The molecule has 0 heteroatoms. The van der Waals surface area contributed by atoms with Gasteiger partial charge in [0.15, 0.2) is 0 Å². The molecule has 1 fully saturated rings. The molecule has 1 aliphatic rings. The van der Waals surface area contributed by atoms with Gasteiger partial charge in [0.1, 0.15) is 0 Å². The summed E-state index contributed by atoms with van der Waals surface area (Å²) in [6.45, 7) is 17.1. The quantitative estimate of drug-likeness (QED) is 0.485. The first kappa shape index (κ1) is 16.1. The maximum Gasteiger partial charge on any atom is -0.0271 e. The van der Waals surface area contributed by atoms with E-state index in [0.29, 0.717) is 0 Å². The van der Waals surface area contributed by atoms with Crippen LogP contribution in [0.15, 0.2) is 0 Å². The molecular weight excluding hydrogens is 216 g/mol. The Morgan fingerprint density at radius 2 is 1.33 bits per heavy atom. The van der Waals surface area contributed by atoms with E-state index >= 15 is 0 Å². The fraction of sp³-hybridized carbons (Fsp3) is 1.00. The topological polar surface area (TPSA) is 0 Å². The van der Waals surface area contributed by atoms with E-state index in [4.69, 9.17) is 0 Å². The van der Waals surface area contributed by atoms with Gasteiger partial charge in [-0.15, -0.1) is 0 Å². The summed E-state index contributed by atoms with van der Waals surface area (Å²) in [5.74, 6) is 4.42. The lowest BCUT2D eigenvalue weighted by atomic mass is 9.72. The first-order valence-corrected chi connectivity index (χ1v) is 8.34. The predicted molar refractivity (Wildman–Crippen MR) is 82.7 cm³/mol. The van der Waals surface area contributed by atoms with Gasteiger partial charge in [-0.05, 0) is 54.3 Å². The van der Waals surface area contributed by atoms with Crippen LogP contribution in [-0.4, -0.2) is 0 Å². The molecule has 0 aromatic heterocycles. The van der Waals surface area contributed by atoms with Gasteiger partial charge in [-0.1, -0.05) is 61.3 Å². The molecule has 0 bridgehead atoms. The largest absolute Gasteiger partial charge is 0.0654 e. The molecule has 18 heavy (non-hydrogen) atoms. The highest BCUT2D eigenvalue weighted by Gasteiger charge is 2.46. The smallest absolute Gasteiger partial charge is 0.0271 e. The standard InChI is InChI=1S/C18H36/c1-8-9-14(4)16(6)17(7)15(5)12-18(10-11-18)13(2)3/h13-17H,8-12H2,1-7H3. The summed E-state index contributed by atoms with van der Waals surface area (Å²) >= 11 is 0. The van der Waals surface area contributed by atoms with Gasteiger partial charge in [-0.2, -0.15) is 0 Å². The fourth-order valence-corrected chi connectivity index (χ4v) is 3.76. The Morgan fingerprint density at radius 1 is 0.833 bits per heavy atom. The Balaban J connectivity index is 2.48. The van der Waals surface area contributed by atoms with Gasteiger partial charge in [-0.25, -0.2) is 0 Å². The van der Waals surface area contributed by atoms with Crippen LogP contribution in [-0.2, 0) is 0 Å². The molecule has 1 aliphatic carbocycles. The number of hydrogen-bond donors (Lipinski definition) is 0. The van der Waals surface area contributed by atoms with Gasteiger partial charge >= 0.3 is 0 Å². The zero-order valence-corrected chi connectivity index (χ0v) is 13.9. The fourth-order valence-electron chi connectivity index (χ4n) is 3.76. The molecule has 0 aliphatic heterocycles. The third-order valence-electron chi connectivity index (χ3n) is 6.21. The highest BCUT2D eigenvalue weighted by atomic mass is 14.5. The Hall–Kier alpha value is 0. The van der Waals surface area contributed by atoms with E-state index in [2.05, 4.69) is 48.5 Å². The summed E-state index contributed by atoms with van der Waals surface area (Å²) in [6.07, 6.45) is 7.17. The van der Waals surface area contributed by atoms with E-state index in [1.807, 2.05) is 0 Å². The lowest BCUT2D eigenvalue weighted by Crippen LogP contribution is -2.25. The Morgan fingerprint density at radius 3 is 1.72 bits per heavy atom. The molecule has 1 saturated carbocycles. The average molecular weight is 252 g/mol. The summed E-state index contributed by atoms with van der Waals surface area (Å²) in [5.41, 5.74) is 0.724. The van der Waals surface area contributed by atoms with Crippen molar-refractivity contribution >= 4 is 0 Å². The van der Waals surface area contributed by atoms with Gasteiger partial charge in [0.05, 0.1) is 0 Å². The van der Waals surface area contributed by atoms with Crippen LogP contribution < -0.4 is 0 Å². The van der Waals surface area contributed by atoms with E-state index in [0.717, 1.165) is 35.0 Å². The van der Waals surface area contributed by atoms with E-state index in [1.54, 1.807) is 0 Å². The van der Waals surface area contributed by atoms with Gasteiger partial charge in [0, 0.05) is 0 Å². The minimum atomic E-state index is 0.724. The lowest BCUT2D eigenvalue weighted by molar-refractivity contribution is 0.160. The van der Waals surface area contributed by atoms with Gasteiger partial charge < -0.3 is 0 Å². The predicted octanol–water partition coefficient (Wildman–Crippen LogP) is 6.16. The highest BCUT2D eigenvalue weighted by Crippen LogP contribution is 2.57. The molecule has 4 unspecified atom stereocenters. The minimum absolute atomic E-state index is 0.724. The molecule has 0 radical (unpaired) electrons. The second-order valence-electron chi connectivity index (χ2n) is 7.68. The Bertz CT molecular complexity index is 236. The summed E-state index contributed by atoms with van der Waals surface area (Å²) < 4.78 is 0. The van der Waals surface area contributed by atoms with Crippen LogP contribution in [0.5, 0.6) is 0 Å². The maximum atomic E-state index is 2.50. The third kappa shape index (κ3) is 3.75. The van der Waals surface area contributed by atoms with Crippen molar-refractivity contribution in [3.8, 4) is 0 Å². The van der Waals surface area contributed by atoms with Gasteiger partial charge in [-0.3, -0.25) is 0 Å². The summed E-state index contributed by atoms with van der Waals surface area (Å²) in [6, 6.07) is 0. The third-order valence-corrected chi connectivity index (χ3v) is 6.21. The summed E-state index contributed by atoms with van der Waals surface area (Å²) in [4.78, 5) is 0. The zero-order chi connectivity index (χ0) is 13.9. The van der Waals surface area contributed by atoms with E-state index in [1.165, 1.54) is 32.1 Å². The second kappa shape index (κ2) is 6.44. The van der Waals surface area contributed by atoms with Crippen LogP contribution in [0.4, 0.5) is 0 Å². The van der Waals surface area contributed by atoms with Crippen molar-refractivity contribution in [2.75, 3.05) is 0 Å². The van der Waals surface area contributed by atoms with Crippen molar-refractivity contribution in [2.45, 2.75) is 80.6 Å². The SMILES string of the molecule is CCCC(C)C(C)C(C)C(C)CC1(C(C)C)CC1. The first-order valence-electron chi connectivity index (χ1n) is 8.34. The van der Waals surface area contributed by atoms with Crippen molar-refractivity contribution in [3.05, 3.63) is 0 Å². The summed E-state index contributed by atoms with van der Waals surface area (Å²) in [7, 11) is 0. The average Bonchev–Trinajstić information content (AvgIpc) is 3.08. The van der Waals surface area contributed by atoms with Crippen molar-refractivity contribution in [1.29, 1.82) is 0 Å². The molecule has 0 aromatic carbocycles. The van der Waals surface area contributed by atoms with Crippen molar-refractivity contribution in [1.82, 2.24) is 0 Å². The zero-order valence-electron chi connectivity index (χ0n) is 13.9. The highest BCUT2D eigenvalue weighted by molar-refractivity contribution is 4.97. The normalized spacial score (nSPS) is 24.7. The van der Waals surface area contributed by atoms with Gasteiger partial charge in [0.2, 0.25) is 0 Å². The van der Waals surface area contributed by atoms with E-state index < -0.39 is 0 Å². The molecule has 4 atom stereocenters.